The number of rotatable bonds is 8. The zero-order chi connectivity index (χ0) is 39.7. The Hall–Kier alpha value is -5.34. The minimum absolute atomic E-state index is 0.275. The minimum Gasteiger partial charge on any atom is -0.310 e. The first-order valence-electron chi connectivity index (χ1n) is 20.7. The number of anilines is 5. The summed E-state index contributed by atoms with van der Waals surface area (Å²) in [5, 5.41) is 2.81. The fourth-order valence-corrected chi connectivity index (χ4v) is 9.88. The van der Waals surface area contributed by atoms with E-state index in [0.29, 0.717) is 11.8 Å². The van der Waals surface area contributed by atoms with Crippen molar-refractivity contribution in [3.8, 4) is 0 Å². The Balaban J connectivity index is 1.48. The highest BCUT2D eigenvalue weighted by atomic mass is 15.2. The molecule has 0 aromatic heterocycles. The van der Waals surface area contributed by atoms with Gasteiger partial charge in [0.25, 0.3) is 0 Å². The maximum atomic E-state index is 2.59. The molecule has 56 heavy (non-hydrogen) atoms. The quantitative estimate of drug-likeness (QED) is 0.154. The predicted octanol–water partition coefficient (Wildman–Crippen LogP) is 15.3. The lowest BCUT2D eigenvalue weighted by atomic mass is 9.71. The van der Waals surface area contributed by atoms with Gasteiger partial charge in [0.15, 0.2) is 0 Å². The molecule has 0 saturated heterocycles. The van der Waals surface area contributed by atoms with Gasteiger partial charge in [-0.05, 0) is 206 Å². The second kappa shape index (κ2) is 14.3. The van der Waals surface area contributed by atoms with E-state index < -0.39 is 0 Å². The number of hydrogen-bond donors (Lipinski definition) is 0. The molecule has 2 aliphatic carbocycles. The first kappa shape index (κ1) is 37.6. The van der Waals surface area contributed by atoms with E-state index in [1.807, 2.05) is 0 Å². The summed E-state index contributed by atoms with van der Waals surface area (Å²) < 4.78 is 0. The van der Waals surface area contributed by atoms with Crippen LogP contribution in [0.1, 0.15) is 100 Å². The second-order valence-electron chi connectivity index (χ2n) is 17.8. The van der Waals surface area contributed by atoms with Crippen LogP contribution in [0.15, 0.2) is 103 Å². The Morgan fingerprint density at radius 3 is 1.36 bits per heavy atom. The molecule has 0 N–H and O–H groups in total. The Kier molecular flexibility index (Phi) is 9.60. The number of allylic oxidation sites excluding steroid dienone is 3. The summed E-state index contributed by atoms with van der Waals surface area (Å²) in [6, 6.07) is 35.5. The summed E-state index contributed by atoms with van der Waals surface area (Å²) in [6.45, 7) is 27.3. The molecule has 0 fully saturated rings. The van der Waals surface area contributed by atoms with E-state index >= 15 is 0 Å². The predicted molar refractivity (Wildman–Crippen MR) is 244 cm³/mol. The van der Waals surface area contributed by atoms with Crippen LogP contribution in [0.5, 0.6) is 0 Å². The molecule has 0 spiro atoms. The maximum absolute atomic E-state index is 2.59. The van der Waals surface area contributed by atoms with Crippen molar-refractivity contribution in [3.05, 3.63) is 170 Å². The van der Waals surface area contributed by atoms with Crippen molar-refractivity contribution in [1.29, 1.82) is 0 Å². The molecular weight excluding hydrogens is 677 g/mol. The molecule has 284 valence electrons. The lowest BCUT2D eigenvalue weighted by Gasteiger charge is -2.39. The van der Waals surface area contributed by atoms with Gasteiger partial charge in [0.2, 0.25) is 0 Å². The summed E-state index contributed by atoms with van der Waals surface area (Å²) in [5.74, 6) is 1.05. The maximum Gasteiger partial charge on any atom is 0.0506 e. The van der Waals surface area contributed by atoms with Crippen molar-refractivity contribution in [2.45, 2.75) is 95.4 Å². The third kappa shape index (κ3) is 6.68. The molecule has 0 bridgehead atoms. The van der Waals surface area contributed by atoms with Crippen molar-refractivity contribution in [2.24, 2.45) is 11.8 Å². The monoisotopic (exact) mass is 734 g/mol. The van der Waals surface area contributed by atoms with Crippen molar-refractivity contribution < 1.29 is 0 Å². The number of nitrogens with zero attached hydrogens (tertiary/aromatic N) is 2. The average Bonchev–Trinajstić information content (AvgIpc) is 3.09. The van der Waals surface area contributed by atoms with Crippen molar-refractivity contribution in [2.75, 3.05) is 9.80 Å². The first-order chi connectivity index (χ1) is 26.7. The molecule has 0 radical (unpaired) electrons. The zero-order valence-electron chi connectivity index (χ0n) is 35.6. The Labute approximate surface area is 336 Å². The van der Waals surface area contributed by atoms with Crippen LogP contribution in [0.3, 0.4) is 0 Å². The van der Waals surface area contributed by atoms with Gasteiger partial charge >= 0.3 is 0 Å². The topological polar surface area (TPSA) is 6.48 Å². The van der Waals surface area contributed by atoms with Crippen LogP contribution in [0.4, 0.5) is 28.4 Å². The first-order valence-corrected chi connectivity index (χ1v) is 20.7. The second-order valence-corrected chi connectivity index (χ2v) is 17.8. The molecule has 2 nitrogen and oxygen atoms in total. The van der Waals surface area contributed by atoms with Crippen molar-refractivity contribution in [3.63, 3.8) is 0 Å². The molecule has 6 aromatic carbocycles. The minimum atomic E-state index is 0.275. The van der Waals surface area contributed by atoms with Crippen LogP contribution < -0.4 is 9.80 Å². The summed E-state index contributed by atoms with van der Waals surface area (Å²) in [6.07, 6.45) is 6.07. The third-order valence-electron chi connectivity index (χ3n) is 11.9. The summed E-state index contributed by atoms with van der Waals surface area (Å²) in [5.41, 5.74) is 24.7. The van der Waals surface area contributed by atoms with Gasteiger partial charge in [-0.1, -0.05) is 76.2 Å². The molecule has 0 saturated carbocycles. The highest BCUT2D eigenvalue weighted by molar-refractivity contribution is 6.10. The molecule has 0 amide bonds. The van der Waals surface area contributed by atoms with Crippen molar-refractivity contribution in [1.82, 2.24) is 0 Å². The zero-order valence-corrected chi connectivity index (χ0v) is 35.6. The number of aryl methyl sites for hydroxylation is 8. The molecule has 6 aromatic rings. The summed E-state index contributed by atoms with van der Waals surface area (Å²) in [4.78, 5) is 5.12. The fraction of sp³-hybridized carbons (Fsp3) is 0.296. The van der Waals surface area contributed by atoms with Crippen LogP contribution in [0.25, 0.3) is 22.0 Å². The lowest BCUT2D eigenvalue weighted by molar-refractivity contribution is 0.560. The molecule has 1 unspecified atom stereocenters. The van der Waals surface area contributed by atoms with Gasteiger partial charge in [0.05, 0.1) is 11.4 Å². The average molecular weight is 735 g/mol. The van der Waals surface area contributed by atoms with Crippen molar-refractivity contribution >= 4 is 50.5 Å². The van der Waals surface area contributed by atoms with Gasteiger partial charge in [0.1, 0.15) is 0 Å². The van der Waals surface area contributed by atoms with Gasteiger partial charge in [-0.25, -0.2) is 0 Å². The molecule has 2 heteroatoms. The molecule has 1 atom stereocenters. The summed E-state index contributed by atoms with van der Waals surface area (Å²) >= 11 is 0. The van der Waals surface area contributed by atoms with E-state index in [-0.39, 0.29) is 5.92 Å². The van der Waals surface area contributed by atoms with Gasteiger partial charge in [0, 0.05) is 34.2 Å². The van der Waals surface area contributed by atoms with Crippen LogP contribution in [-0.2, 0) is 6.42 Å². The standard InChI is InChI=1S/C54H58N2/c1-31(2)49-29-51(55(41-21-33(5)17-34(6)22-41)42-23-35(7)18-36(8)24-42)47-16-14-46-50(32(3)4)30-52(48-15-13-45(49)53(47)54(46)48)56(43-25-37(9)19-38(10)26-43)44-27-39(11)20-40(12)28-44/h13-15,17-32,50H,16H2,1-12H3. The fourth-order valence-electron chi connectivity index (χ4n) is 9.88. The molecule has 8 rings (SSSR count). The van der Waals surface area contributed by atoms with E-state index in [0.717, 1.165) is 6.42 Å². The van der Waals surface area contributed by atoms with E-state index in [4.69, 9.17) is 0 Å². The highest BCUT2D eigenvalue weighted by Crippen LogP contribution is 2.54. The van der Waals surface area contributed by atoms with Gasteiger partial charge in [-0.15, -0.1) is 0 Å². The van der Waals surface area contributed by atoms with Crippen LogP contribution in [0.2, 0.25) is 0 Å². The van der Waals surface area contributed by atoms with Gasteiger partial charge < -0.3 is 9.80 Å². The Morgan fingerprint density at radius 1 is 0.518 bits per heavy atom. The lowest BCUT2D eigenvalue weighted by Crippen LogP contribution is -2.25. The molecule has 2 aliphatic rings. The largest absolute Gasteiger partial charge is 0.310 e. The SMILES string of the molecule is Cc1cc(C)cc(N(C2=CC(C(C)C)C3=CCc4c(N(c5cc(C)cc(C)c5)c5cc(C)cc(C)c5)cc(C(C)C)c5ccc2c3c45)c2cc(C)cc(C)c2)c1. The van der Waals surface area contributed by atoms with E-state index in [2.05, 4.69) is 196 Å². The molecule has 0 heterocycles. The smallest absolute Gasteiger partial charge is 0.0506 e. The highest BCUT2D eigenvalue weighted by Gasteiger charge is 2.36. The molecular formula is C54H58N2. The number of hydrogen-bond acceptors (Lipinski definition) is 2. The van der Waals surface area contributed by atoms with Crippen LogP contribution in [-0.4, -0.2) is 0 Å². The van der Waals surface area contributed by atoms with Gasteiger partial charge in [-0.3, -0.25) is 0 Å². The van der Waals surface area contributed by atoms with E-state index in [9.17, 15) is 0 Å². The normalized spacial score (nSPS) is 14.7. The van der Waals surface area contributed by atoms with Crippen LogP contribution >= 0.6 is 0 Å². The Morgan fingerprint density at radius 2 is 0.946 bits per heavy atom. The third-order valence-corrected chi connectivity index (χ3v) is 11.9. The summed E-state index contributed by atoms with van der Waals surface area (Å²) in [7, 11) is 0. The van der Waals surface area contributed by atoms with Crippen LogP contribution in [0, 0.1) is 67.2 Å². The van der Waals surface area contributed by atoms with Gasteiger partial charge in [-0.2, -0.15) is 0 Å². The van der Waals surface area contributed by atoms with E-state index in [1.54, 1.807) is 0 Å². The molecule has 0 aliphatic heterocycles. The number of benzene rings is 6. The van der Waals surface area contributed by atoms with E-state index in [1.165, 1.54) is 117 Å². The Bertz CT molecular complexity index is 2430.